The second-order valence-corrected chi connectivity index (χ2v) is 2.02. The van der Waals surface area contributed by atoms with Crippen molar-refractivity contribution in [1.82, 2.24) is 4.98 Å². The minimum atomic E-state index is -0.411. The molecule has 0 spiro atoms. The Morgan fingerprint density at radius 3 is 3.00 bits per heavy atom. The van der Waals surface area contributed by atoms with Gasteiger partial charge in [-0.05, 0) is 13.1 Å². The topological polar surface area (TPSA) is 69.1 Å². The van der Waals surface area contributed by atoms with Crippen molar-refractivity contribution in [3.05, 3.63) is 34.3 Å². The first-order chi connectivity index (χ1) is 5.22. The molecule has 0 atom stereocenters. The van der Waals surface area contributed by atoms with E-state index in [-0.39, 0.29) is 5.89 Å². The van der Waals surface area contributed by atoms with Crippen LogP contribution in [0, 0.1) is 6.92 Å². The van der Waals surface area contributed by atoms with Crippen molar-refractivity contribution in [2.45, 2.75) is 6.92 Å². The summed E-state index contributed by atoms with van der Waals surface area (Å²) in [5.74, 6) is 0.234. The summed E-state index contributed by atoms with van der Waals surface area (Å²) in [6, 6.07) is 1.31. The quantitative estimate of drug-likeness (QED) is 0.627. The van der Waals surface area contributed by atoms with Crippen molar-refractivity contribution in [3.8, 4) is 0 Å². The molecule has 1 rings (SSSR count). The average Bonchev–Trinajstić information content (AvgIpc) is 1.85. The zero-order chi connectivity index (χ0) is 8.27. The first kappa shape index (κ1) is 7.53. The lowest BCUT2D eigenvalue weighted by atomic mass is 10.4. The fourth-order valence-electron chi connectivity index (χ4n) is 0.686. The number of hydrogen-bond donors (Lipinski definition) is 1. The van der Waals surface area contributed by atoms with Crippen molar-refractivity contribution in [1.29, 1.82) is 0 Å². The third-order valence-electron chi connectivity index (χ3n) is 1.06. The second-order valence-electron chi connectivity index (χ2n) is 2.02. The molecular formula is C7H8N2O2. The van der Waals surface area contributed by atoms with Crippen LogP contribution in [0.25, 0.3) is 6.08 Å². The highest BCUT2D eigenvalue weighted by atomic mass is 16.4. The molecular weight excluding hydrogens is 144 g/mol. The Morgan fingerprint density at radius 1 is 1.73 bits per heavy atom. The van der Waals surface area contributed by atoms with Gasteiger partial charge in [0.2, 0.25) is 5.89 Å². The van der Waals surface area contributed by atoms with Gasteiger partial charge < -0.3 is 10.2 Å². The van der Waals surface area contributed by atoms with E-state index in [9.17, 15) is 4.79 Å². The maximum absolute atomic E-state index is 10.7. The lowest BCUT2D eigenvalue weighted by Gasteiger charge is -1.91. The number of rotatable bonds is 1. The van der Waals surface area contributed by atoms with Crippen LogP contribution in [-0.2, 0) is 0 Å². The molecule has 1 heterocycles. The number of nitrogens with two attached hydrogens (primary N) is 1. The standard InChI is InChI=1S/C7H8N2O2/c1-5-4-7(10)11-6(9-5)2-3-8/h2-4H,8H2,1H3. The number of nitrogens with zero attached hydrogens (tertiary/aromatic N) is 1. The number of aromatic nitrogens is 1. The predicted octanol–water partition coefficient (Wildman–Crippen LogP) is 0.273. The maximum Gasteiger partial charge on any atom is 0.339 e. The molecule has 0 saturated heterocycles. The van der Waals surface area contributed by atoms with Crippen LogP contribution in [0.15, 0.2) is 21.5 Å². The molecule has 11 heavy (non-hydrogen) atoms. The molecule has 0 unspecified atom stereocenters. The molecule has 0 radical (unpaired) electrons. The number of aryl methyl sites for hydroxylation is 1. The van der Waals surface area contributed by atoms with Crippen molar-refractivity contribution in [3.63, 3.8) is 0 Å². The van der Waals surface area contributed by atoms with Crippen LogP contribution in [0.5, 0.6) is 0 Å². The van der Waals surface area contributed by atoms with Gasteiger partial charge >= 0.3 is 5.63 Å². The Labute approximate surface area is 63.4 Å². The zero-order valence-corrected chi connectivity index (χ0v) is 6.07. The molecule has 58 valence electrons. The lowest BCUT2D eigenvalue weighted by Crippen LogP contribution is -2.01. The Morgan fingerprint density at radius 2 is 2.45 bits per heavy atom. The van der Waals surface area contributed by atoms with Crippen LogP contribution < -0.4 is 11.4 Å². The summed E-state index contributed by atoms with van der Waals surface area (Å²) in [6.07, 6.45) is 2.69. The van der Waals surface area contributed by atoms with Gasteiger partial charge in [-0.25, -0.2) is 9.78 Å². The van der Waals surface area contributed by atoms with Gasteiger partial charge in [0.1, 0.15) is 0 Å². The van der Waals surface area contributed by atoms with E-state index >= 15 is 0 Å². The first-order valence-electron chi connectivity index (χ1n) is 3.09. The van der Waals surface area contributed by atoms with Crippen LogP contribution in [0.3, 0.4) is 0 Å². The Kier molecular flexibility index (Phi) is 2.06. The summed E-state index contributed by atoms with van der Waals surface area (Å²) >= 11 is 0. The molecule has 0 aliphatic heterocycles. The monoisotopic (exact) mass is 152 g/mol. The van der Waals surface area contributed by atoms with E-state index in [0.717, 1.165) is 0 Å². The summed E-state index contributed by atoms with van der Waals surface area (Å²) in [5, 5.41) is 0. The molecule has 0 aromatic carbocycles. The molecule has 4 heteroatoms. The fourth-order valence-corrected chi connectivity index (χ4v) is 0.686. The van der Waals surface area contributed by atoms with Crippen molar-refractivity contribution < 1.29 is 4.42 Å². The third kappa shape index (κ3) is 1.93. The predicted molar refractivity (Wildman–Crippen MR) is 40.7 cm³/mol. The average molecular weight is 152 g/mol. The Bertz CT molecular complexity index is 327. The van der Waals surface area contributed by atoms with Gasteiger partial charge in [-0.1, -0.05) is 0 Å². The molecule has 0 bridgehead atoms. The van der Waals surface area contributed by atoms with Crippen molar-refractivity contribution in [2.75, 3.05) is 0 Å². The van der Waals surface area contributed by atoms with Crippen LogP contribution >= 0.6 is 0 Å². The molecule has 2 N–H and O–H groups in total. The van der Waals surface area contributed by atoms with Crippen LogP contribution in [-0.4, -0.2) is 4.98 Å². The van der Waals surface area contributed by atoms with E-state index in [1.807, 2.05) is 0 Å². The number of hydrogen-bond acceptors (Lipinski definition) is 4. The lowest BCUT2D eigenvalue weighted by molar-refractivity contribution is 0.476. The Hall–Kier alpha value is -1.58. The zero-order valence-electron chi connectivity index (χ0n) is 6.07. The smallest absolute Gasteiger partial charge is 0.339 e. The van der Waals surface area contributed by atoms with E-state index in [1.54, 1.807) is 6.92 Å². The van der Waals surface area contributed by atoms with Gasteiger partial charge in [-0.15, -0.1) is 0 Å². The fraction of sp³-hybridized carbons (Fsp3) is 0.143. The second kappa shape index (κ2) is 3.01. The molecule has 1 aromatic heterocycles. The molecule has 0 saturated carbocycles. The van der Waals surface area contributed by atoms with E-state index in [1.165, 1.54) is 18.3 Å². The van der Waals surface area contributed by atoms with Gasteiger partial charge in [0.05, 0.1) is 0 Å². The molecule has 4 nitrogen and oxygen atoms in total. The summed E-state index contributed by atoms with van der Waals surface area (Å²) in [6.45, 7) is 1.71. The molecule has 1 aromatic rings. The van der Waals surface area contributed by atoms with Crippen LogP contribution in [0.2, 0.25) is 0 Å². The highest BCUT2D eigenvalue weighted by molar-refractivity contribution is 5.36. The van der Waals surface area contributed by atoms with Gasteiger partial charge in [-0.2, -0.15) is 0 Å². The highest BCUT2D eigenvalue weighted by Crippen LogP contribution is 1.94. The summed E-state index contributed by atoms with van der Waals surface area (Å²) in [7, 11) is 0. The van der Waals surface area contributed by atoms with E-state index in [2.05, 4.69) is 9.40 Å². The minimum absolute atomic E-state index is 0.234. The van der Waals surface area contributed by atoms with E-state index in [0.29, 0.717) is 5.69 Å². The van der Waals surface area contributed by atoms with Crippen molar-refractivity contribution in [2.24, 2.45) is 5.73 Å². The molecule has 0 amide bonds. The minimum Gasteiger partial charge on any atom is -0.404 e. The van der Waals surface area contributed by atoms with Gasteiger partial charge in [0.15, 0.2) is 0 Å². The van der Waals surface area contributed by atoms with Gasteiger partial charge in [-0.3, -0.25) is 0 Å². The van der Waals surface area contributed by atoms with E-state index < -0.39 is 5.63 Å². The van der Waals surface area contributed by atoms with E-state index in [4.69, 9.17) is 5.73 Å². The molecule has 0 aliphatic carbocycles. The van der Waals surface area contributed by atoms with Gasteiger partial charge in [0, 0.05) is 17.8 Å². The summed E-state index contributed by atoms with van der Waals surface area (Å²) in [5.41, 5.74) is 5.29. The SMILES string of the molecule is Cc1cc(=O)oc(C=CN)n1. The van der Waals surface area contributed by atoms with Crippen LogP contribution in [0.4, 0.5) is 0 Å². The maximum atomic E-state index is 10.7. The normalized spacial score (nSPS) is 10.6. The first-order valence-corrected chi connectivity index (χ1v) is 3.09. The largest absolute Gasteiger partial charge is 0.404 e. The highest BCUT2D eigenvalue weighted by Gasteiger charge is 1.94. The molecule has 0 aliphatic rings. The van der Waals surface area contributed by atoms with Crippen molar-refractivity contribution >= 4 is 6.08 Å². The summed E-state index contributed by atoms with van der Waals surface area (Å²) in [4.78, 5) is 14.6. The molecule has 0 fully saturated rings. The van der Waals surface area contributed by atoms with Crippen LogP contribution in [0.1, 0.15) is 11.6 Å². The third-order valence-corrected chi connectivity index (χ3v) is 1.06. The summed E-state index contributed by atoms with van der Waals surface area (Å²) < 4.78 is 4.66. The van der Waals surface area contributed by atoms with Gasteiger partial charge in [0.25, 0.3) is 0 Å². The Balaban J connectivity index is 3.19.